The van der Waals surface area contributed by atoms with Crippen molar-refractivity contribution in [3.05, 3.63) is 15.6 Å². The van der Waals surface area contributed by atoms with Gasteiger partial charge in [0.25, 0.3) is 0 Å². The minimum Gasteiger partial charge on any atom is -0.246 e. The number of hydrogen-bond donors (Lipinski definition) is 0. The smallest absolute Gasteiger partial charge is 0.0984 e. The summed E-state index contributed by atoms with van der Waals surface area (Å²) < 4.78 is 0. The van der Waals surface area contributed by atoms with Crippen molar-refractivity contribution < 1.29 is 0 Å². The van der Waals surface area contributed by atoms with E-state index in [1.54, 1.807) is 11.3 Å². The summed E-state index contributed by atoms with van der Waals surface area (Å²) in [5, 5.41) is 9.69. The van der Waals surface area contributed by atoms with Gasteiger partial charge in [0.2, 0.25) is 0 Å². The first-order chi connectivity index (χ1) is 6.45. The molecule has 1 aromatic rings. The van der Waals surface area contributed by atoms with Crippen LogP contribution in [0, 0.1) is 18.3 Å². The Hall–Kier alpha value is -0.880. The lowest BCUT2D eigenvalue weighted by Crippen LogP contribution is -2.10. The van der Waals surface area contributed by atoms with Gasteiger partial charge in [-0.2, -0.15) is 5.26 Å². The molecular formula is C11H16N2S. The molecule has 0 fully saturated rings. The summed E-state index contributed by atoms with van der Waals surface area (Å²) in [7, 11) is 0. The van der Waals surface area contributed by atoms with Crippen LogP contribution in [0.15, 0.2) is 0 Å². The lowest BCUT2D eigenvalue weighted by atomic mass is 9.98. The number of nitrogens with zero attached hydrogens (tertiary/aromatic N) is 2. The molecule has 1 rings (SSSR count). The summed E-state index contributed by atoms with van der Waals surface area (Å²) in [6.45, 7) is 8.52. The molecule has 1 aromatic heterocycles. The lowest BCUT2D eigenvalue weighted by Gasteiger charge is -2.13. The fourth-order valence-corrected chi connectivity index (χ4v) is 2.27. The van der Waals surface area contributed by atoms with E-state index < -0.39 is 0 Å². The maximum atomic E-state index is 8.52. The summed E-state index contributed by atoms with van der Waals surface area (Å²) in [5.41, 5.74) is 1.22. The number of aromatic nitrogens is 1. The average molecular weight is 208 g/mol. The zero-order valence-electron chi connectivity index (χ0n) is 9.22. The molecule has 0 aliphatic rings. The van der Waals surface area contributed by atoms with E-state index in [1.807, 2.05) is 6.92 Å². The van der Waals surface area contributed by atoms with Crippen LogP contribution >= 0.6 is 11.3 Å². The van der Waals surface area contributed by atoms with Gasteiger partial charge in [-0.3, -0.25) is 0 Å². The van der Waals surface area contributed by atoms with Crippen molar-refractivity contribution >= 4 is 11.3 Å². The lowest BCUT2D eigenvalue weighted by molar-refractivity contribution is 0.584. The first-order valence-electron chi connectivity index (χ1n) is 4.79. The second-order valence-electron chi connectivity index (χ2n) is 4.44. The van der Waals surface area contributed by atoms with Gasteiger partial charge in [0.15, 0.2) is 0 Å². The molecule has 1 heterocycles. The molecular weight excluding hydrogens is 192 g/mol. The molecule has 0 spiro atoms. The molecule has 0 saturated carbocycles. The van der Waals surface area contributed by atoms with E-state index in [0.717, 1.165) is 12.1 Å². The molecule has 14 heavy (non-hydrogen) atoms. The maximum Gasteiger partial charge on any atom is 0.0984 e. The fraction of sp³-hybridized carbons (Fsp3) is 0.636. The number of hydrogen-bond acceptors (Lipinski definition) is 3. The highest BCUT2D eigenvalue weighted by Crippen LogP contribution is 2.29. The number of nitriles is 1. The summed E-state index contributed by atoms with van der Waals surface area (Å²) >= 11 is 1.74. The number of aryl methyl sites for hydroxylation is 2. The van der Waals surface area contributed by atoms with Gasteiger partial charge >= 0.3 is 0 Å². The molecule has 0 saturated heterocycles. The van der Waals surface area contributed by atoms with Crippen LogP contribution in [-0.4, -0.2) is 4.98 Å². The molecule has 0 aliphatic heterocycles. The summed E-state index contributed by atoms with van der Waals surface area (Å²) in [6, 6.07) is 2.17. The standard InChI is InChI=1S/C11H16N2S/c1-8-9(6-5-7-12)14-10(13-8)11(2,3)4/h5-6H2,1-4H3. The third-order valence-electron chi connectivity index (χ3n) is 2.00. The van der Waals surface area contributed by atoms with Crippen molar-refractivity contribution in [1.29, 1.82) is 5.26 Å². The van der Waals surface area contributed by atoms with E-state index in [4.69, 9.17) is 5.26 Å². The Kier molecular flexibility index (Phi) is 3.28. The topological polar surface area (TPSA) is 36.7 Å². The Balaban J connectivity index is 2.89. The van der Waals surface area contributed by atoms with Crippen LogP contribution in [0.1, 0.15) is 42.8 Å². The van der Waals surface area contributed by atoms with Gasteiger partial charge in [0.05, 0.1) is 16.8 Å². The van der Waals surface area contributed by atoms with E-state index in [0.29, 0.717) is 6.42 Å². The Morgan fingerprint density at radius 3 is 2.50 bits per heavy atom. The van der Waals surface area contributed by atoms with E-state index >= 15 is 0 Å². The molecule has 0 atom stereocenters. The second kappa shape index (κ2) is 4.10. The van der Waals surface area contributed by atoms with Gasteiger partial charge < -0.3 is 0 Å². The highest BCUT2D eigenvalue weighted by molar-refractivity contribution is 7.11. The Bertz CT molecular complexity index is 352. The summed E-state index contributed by atoms with van der Waals surface area (Å²) in [6.07, 6.45) is 1.43. The van der Waals surface area contributed by atoms with Crippen LogP contribution < -0.4 is 0 Å². The van der Waals surface area contributed by atoms with Crippen LogP contribution in [0.2, 0.25) is 0 Å². The Morgan fingerprint density at radius 2 is 2.07 bits per heavy atom. The minimum absolute atomic E-state index is 0.125. The van der Waals surface area contributed by atoms with Gasteiger partial charge in [0, 0.05) is 16.7 Å². The SMILES string of the molecule is Cc1nc(C(C)(C)C)sc1CCC#N. The van der Waals surface area contributed by atoms with Crippen LogP contribution in [0.4, 0.5) is 0 Å². The zero-order chi connectivity index (χ0) is 10.8. The van der Waals surface area contributed by atoms with Gasteiger partial charge in [-0.25, -0.2) is 4.98 Å². The maximum absolute atomic E-state index is 8.52. The minimum atomic E-state index is 0.125. The molecule has 0 aromatic carbocycles. The molecule has 3 heteroatoms. The van der Waals surface area contributed by atoms with Crippen LogP contribution in [-0.2, 0) is 11.8 Å². The Labute approximate surface area is 89.6 Å². The molecule has 2 nitrogen and oxygen atoms in total. The van der Waals surface area contributed by atoms with Crippen molar-refractivity contribution in [2.75, 3.05) is 0 Å². The van der Waals surface area contributed by atoms with Crippen LogP contribution in [0.5, 0.6) is 0 Å². The van der Waals surface area contributed by atoms with E-state index in [1.165, 1.54) is 9.88 Å². The largest absolute Gasteiger partial charge is 0.246 e. The monoisotopic (exact) mass is 208 g/mol. The highest BCUT2D eigenvalue weighted by atomic mass is 32.1. The first-order valence-corrected chi connectivity index (χ1v) is 5.60. The summed E-state index contributed by atoms with van der Waals surface area (Å²) in [4.78, 5) is 5.80. The molecule has 0 amide bonds. The predicted molar refractivity (Wildman–Crippen MR) is 59.5 cm³/mol. The van der Waals surface area contributed by atoms with Gasteiger partial charge in [0.1, 0.15) is 0 Å². The summed E-state index contributed by atoms with van der Waals surface area (Å²) in [5.74, 6) is 0. The molecule has 0 unspecified atom stereocenters. The number of thiazole rings is 1. The molecule has 0 N–H and O–H groups in total. The van der Waals surface area contributed by atoms with Crippen molar-refractivity contribution in [2.45, 2.75) is 46.0 Å². The molecule has 76 valence electrons. The van der Waals surface area contributed by atoms with E-state index in [9.17, 15) is 0 Å². The second-order valence-corrected chi connectivity index (χ2v) is 5.52. The normalized spacial score (nSPS) is 11.4. The van der Waals surface area contributed by atoms with Crippen molar-refractivity contribution in [2.24, 2.45) is 0 Å². The quantitative estimate of drug-likeness (QED) is 0.748. The fourth-order valence-electron chi connectivity index (χ4n) is 1.15. The third kappa shape index (κ3) is 2.55. The van der Waals surface area contributed by atoms with Gasteiger partial charge in [-0.05, 0) is 13.3 Å². The van der Waals surface area contributed by atoms with Crippen molar-refractivity contribution in [3.8, 4) is 6.07 Å². The predicted octanol–water partition coefficient (Wildman–Crippen LogP) is 3.21. The van der Waals surface area contributed by atoms with Crippen molar-refractivity contribution in [1.82, 2.24) is 4.98 Å². The van der Waals surface area contributed by atoms with E-state index in [2.05, 4.69) is 31.8 Å². The molecule has 0 radical (unpaired) electrons. The zero-order valence-corrected chi connectivity index (χ0v) is 10.0. The average Bonchev–Trinajstić information content (AvgIpc) is 2.43. The first kappa shape index (κ1) is 11.2. The molecule has 0 bridgehead atoms. The third-order valence-corrected chi connectivity index (χ3v) is 3.64. The van der Waals surface area contributed by atoms with E-state index in [-0.39, 0.29) is 5.41 Å². The van der Waals surface area contributed by atoms with Crippen molar-refractivity contribution in [3.63, 3.8) is 0 Å². The number of rotatable bonds is 2. The van der Waals surface area contributed by atoms with Crippen LogP contribution in [0.3, 0.4) is 0 Å². The molecule has 0 aliphatic carbocycles. The van der Waals surface area contributed by atoms with Gasteiger partial charge in [-0.15, -0.1) is 11.3 Å². The van der Waals surface area contributed by atoms with Crippen LogP contribution in [0.25, 0.3) is 0 Å². The Morgan fingerprint density at radius 1 is 1.43 bits per heavy atom. The highest BCUT2D eigenvalue weighted by Gasteiger charge is 2.19. The van der Waals surface area contributed by atoms with Gasteiger partial charge in [-0.1, -0.05) is 20.8 Å².